The Bertz CT molecular complexity index is 1600. The van der Waals surface area contributed by atoms with Crippen molar-refractivity contribution in [2.75, 3.05) is 17.4 Å². The topological polar surface area (TPSA) is 86.8 Å². The summed E-state index contributed by atoms with van der Waals surface area (Å²) in [5, 5.41) is 3.30. The number of likely N-dealkylation sites (N-methyl/N-ethyl adjacent to an activating group) is 1. The van der Waals surface area contributed by atoms with Gasteiger partial charge in [-0.25, -0.2) is 8.42 Å². The predicted molar refractivity (Wildman–Crippen MR) is 167 cm³/mol. The number of anilines is 1. The summed E-state index contributed by atoms with van der Waals surface area (Å²) in [4.78, 5) is 29.4. The van der Waals surface area contributed by atoms with Crippen molar-refractivity contribution in [1.29, 1.82) is 0 Å². The number of carbonyl (C=O) groups excluding carboxylic acids is 2. The number of aryl methyl sites for hydroxylation is 1. The zero-order valence-corrected chi connectivity index (χ0v) is 25.2. The molecule has 0 aliphatic carbocycles. The van der Waals surface area contributed by atoms with E-state index < -0.39 is 28.5 Å². The van der Waals surface area contributed by atoms with Gasteiger partial charge >= 0.3 is 0 Å². The van der Waals surface area contributed by atoms with E-state index >= 15 is 0 Å². The Morgan fingerprint density at radius 2 is 1.43 bits per heavy atom. The number of hydrogen-bond acceptors (Lipinski definition) is 4. The zero-order valence-electron chi connectivity index (χ0n) is 23.6. The molecule has 4 aromatic rings. The SMILES string of the molecule is CCNC(=O)C(Cc1ccccc1)N(Cc1ccccc1C)C(=O)CN(c1ccc(Cl)cc1)S(=O)(=O)c1ccccc1. The van der Waals surface area contributed by atoms with Crippen LogP contribution in [0.2, 0.25) is 5.02 Å². The lowest BCUT2D eigenvalue weighted by molar-refractivity contribution is -0.140. The molecule has 0 aliphatic heterocycles. The lowest BCUT2D eigenvalue weighted by atomic mass is 10.0. The quantitative estimate of drug-likeness (QED) is 0.228. The largest absolute Gasteiger partial charge is 0.355 e. The van der Waals surface area contributed by atoms with Crippen LogP contribution in [0.25, 0.3) is 0 Å². The summed E-state index contributed by atoms with van der Waals surface area (Å²) < 4.78 is 28.9. The molecule has 7 nitrogen and oxygen atoms in total. The molecule has 4 rings (SSSR count). The van der Waals surface area contributed by atoms with Gasteiger partial charge in [-0.2, -0.15) is 0 Å². The average Bonchev–Trinajstić information content (AvgIpc) is 3.00. The molecule has 0 fully saturated rings. The molecule has 1 atom stereocenters. The molecule has 0 saturated heterocycles. The molecule has 1 N–H and O–H groups in total. The fourth-order valence-electron chi connectivity index (χ4n) is 4.67. The van der Waals surface area contributed by atoms with Gasteiger partial charge in [-0.05, 0) is 66.9 Å². The molecule has 1 unspecified atom stereocenters. The summed E-state index contributed by atoms with van der Waals surface area (Å²) in [5.41, 5.74) is 2.97. The van der Waals surface area contributed by atoms with E-state index in [0.29, 0.717) is 11.6 Å². The second-order valence-electron chi connectivity index (χ2n) is 9.85. The number of carbonyl (C=O) groups is 2. The fraction of sp³-hybridized carbons (Fsp3) is 0.212. The third-order valence-electron chi connectivity index (χ3n) is 6.95. The lowest BCUT2D eigenvalue weighted by Crippen LogP contribution is -2.53. The molecule has 42 heavy (non-hydrogen) atoms. The maximum absolute atomic E-state index is 14.3. The summed E-state index contributed by atoms with van der Waals surface area (Å²) in [7, 11) is -4.15. The van der Waals surface area contributed by atoms with Gasteiger partial charge in [0.05, 0.1) is 10.6 Å². The second kappa shape index (κ2) is 14.2. The first-order valence-electron chi connectivity index (χ1n) is 13.7. The molecule has 0 saturated carbocycles. The summed E-state index contributed by atoms with van der Waals surface area (Å²) in [6, 6.07) is 30.4. The fourth-order valence-corrected chi connectivity index (χ4v) is 6.23. The second-order valence-corrected chi connectivity index (χ2v) is 12.1. The van der Waals surface area contributed by atoms with E-state index in [-0.39, 0.29) is 29.5 Å². The van der Waals surface area contributed by atoms with Crippen molar-refractivity contribution in [2.24, 2.45) is 0 Å². The standard InChI is InChI=1S/C33H34ClN3O4S/c1-3-35-33(39)31(22-26-13-6-4-7-14-26)36(23-27-15-11-10-12-25(27)2)32(38)24-37(29-20-18-28(34)19-21-29)42(40,41)30-16-8-5-9-17-30/h4-21,31H,3,22-24H2,1-2H3,(H,35,39). The van der Waals surface area contributed by atoms with E-state index in [1.54, 1.807) is 42.5 Å². The first-order chi connectivity index (χ1) is 20.2. The number of halogens is 1. The number of rotatable bonds is 12. The van der Waals surface area contributed by atoms with Crippen LogP contribution in [0.15, 0.2) is 114 Å². The number of benzene rings is 4. The van der Waals surface area contributed by atoms with Gasteiger partial charge in [-0.3, -0.25) is 13.9 Å². The van der Waals surface area contributed by atoms with Crippen LogP contribution in [0, 0.1) is 6.92 Å². The van der Waals surface area contributed by atoms with Crippen molar-refractivity contribution < 1.29 is 18.0 Å². The Hall–Kier alpha value is -4.14. The highest BCUT2D eigenvalue weighted by atomic mass is 35.5. The molecule has 218 valence electrons. The number of nitrogens with one attached hydrogen (secondary N) is 1. The van der Waals surface area contributed by atoms with Gasteiger partial charge in [-0.15, -0.1) is 0 Å². The smallest absolute Gasteiger partial charge is 0.264 e. The lowest BCUT2D eigenvalue weighted by Gasteiger charge is -2.34. The minimum Gasteiger partial charge on any atom is -0.355 e. The van der Waals surface area contributed by atoms with Crippen LogP contribution >= 0.6 is 11.6 Å². The van der Waals surface area contributed by atoms with E-state index in [4.69, 9.17) is 11.6 Å². The zero-order chi connectivity index (χ0) is 30.1. The molecular weight excluding hydrogens is 570 g/mol. The van der Waals surface area contributed by atoms with Crippen LogP contribution in [-0.4, -0.2) is 44.3 Å². The maximum atomic E-state index is 14.3. The molecule has 0 aliphatic rings. The van der Waals surface area contributed by atoms with Crippen molar-refractivity contribution >= 4 is 39.1 Å². The Balaban J connectivity index is 1.79. The molecule has 9 heteroatoms. The molecule has 0 bridgehead atoms. The van der Waals surface area contributed by atoms with Gasteiger partial charge < -0.3 is 10.2 Å². The van der Waals surface area contributed by atoms with E-state index in [9.17, 15) is 18.0 Å². The third-order valence-corrected chi connectivity index (χ3v) is 8.99. The van der Waals surface area contributed by atoms with Gasteiger partial charge in [-0.1, -0.05) is 84.4 Å². The van der Waals surface area contributed by atoms with Gasteiger partial charge in [0.2, 0.25) is 11.8 Å². The Labute approximate surface area is 252 Å². The van der Waals surface area contributed by atoms with Crippen LogP contribution in [0.3, 0.4) is 0 Å². The molecule has 4 aromatic carbocycles. The molecule has 0 radical (unpaired) electrons. The normalized spacial score (nSPS) is 11.9. The monoisotopic (exact) mass is 603 g/mol. The summed E-state index contributed by atoms with van der Waals surface area (Å²) in [6.45, 7) is 3.75. The van der Waals surface area contributed by atoms with Crippen molar-refractivity contribution in [2.45, 2.75) is 37.8 Å². The van der Waals surface area contributed by atoms with Gasteiger partial charge in [0.15, 0.2) is 0 Å². The highest BCUT2D eigenvalue weighted by molar-refractivity contribution is 7.92. The van der Waals surface area contributed by atoms with E-state index in [1.165, 1.54) is 17.0 Å². The maximum Gasteiger partial charge on any atom is 0.264 e. The van der Waals surface area contributed by atoms with Crippen molar-refractivity contribution in [3.63, 3.8) is 0 Å². The molecule has 0 heterocycles. The van der Waals surface area contributed by atoms with Crippen molar-refractivity contribution in [3.05, 3.63) is 131 Å². The Morgan fingerprint density at radius 1 is 0.833 bits per heavy atom. The van der Waals surface area contributed by atoms with Crippen LogP contribution in [0.4, 0.5) is 5.69 Å². The number of nitrogens with zero attached hydrogens (tertiary/aromatic N) is 2. The average molecular weight is 604 g/mol. The first-order valence-corrected chi connectivity index (χ1v) is 15.5. The van der Waals surface area contributed by atoms with E-state index in [1.807, 2.05) is 68.4 Å². The highest BCUT2D eigenvalue weighted by Gasteiger charge is 2.34. The third kappa shape index (κ3) is 7.57. The number of sulfonamides is 1. The predicted octanol–water partition coefficient (Wildman–Crippen LogP) is 5.62. The van der Waals surface area contributed by atoms with Crippen LogP contribution in [0.5, 0.6) is 0 Å². The molecular formula is C33H34ClN3O4S. The first kappa shape index (κ1) is 30.8. The van der Waals surface area contributed by atoms with Crippen LogP contribution in [-0.2, 0) is 32.6 Å². The van der Waals surface area contributed by atoms with E-state index in [0.717, 1.165) is 21.0 Å². The summed E-state index contributed by atoms with van der Waals surface area (Å²) >= 11 is 6.10. The minimum absolute atomic E-state index is 0.0442. The summed E-state index contributed by atoms with van der Waals surface area (Å²) in [5.74, 6) is -0.827. The van der Waals surface area contributed by atoms with Gasteiger partial charge in [0.25, 0.3) is 10.0 Å². The van der Waals surface area contributed by atoms with Crippen LogP contribution in [0.1, 0.15) is 23.6 Å². The van der Waals surface area contributed by atoms with Crippen molar-refractivity contribution in [3.8, 4) is 0 Å². The molecule has 0 aromatic heterocycles. The molecule has 2 amide bonds. The highest BCUT2D eigenvalue weighted by Crippen LogP contribution is 2.26. The van der Waals surface area contributed by atoms with Crippen LogP contribution < -0.4 is 9.62 Å². The van der Waals surface area contributed by atoms with E-state index in [2.05, 4.69) is 5.32 Å². The minimum atomic E-state index is -4.15. The summed E-state index contributed by atoms with van der Waals surface area (Å²) in [6.07, 6.45) is 0.261. The van der Waals surface area contributed by atoms with Gasteiger partial charge in [0, 0.05) is 24.5 Å². The van der Waals surface area contributed by atoms with Crippen molar-refractivity contribution in [1.82, 2.24) is 10.2 Å². The molecule has 0 spiro atoms. The Kier molecular flexibility index (Phi) is 10.4. The number of amides is 2. The van der Waals surface area contributed by atoms with Gasteiger partial charge in [0.1, 0.15) is 12.6 Å². The Morgan fingerprint density at radius 3 is 2.05 bits per heavy atom. The number of hydrogen-bond donors (Lipinski definition) is 1.